The number of nitro groups is 1. The first-order valence-electron chi connectivity index (χ1n) is 6.24. The molecule has 2 aromatic rings. The summed E-state index contributed by atoms with van der Waals surface area (Å²) in [7, 11) is 0. The molecule has 0 aliphatic carbocycles. The van der Waals surface area contributed by atoms with E-state index in [0.717, 1.165) is 17.2 Å². The van der Waals surface area contributed by atoms with Crippen LogP contribution in [0.3, 0.4) is 0 Å². The maximum Gasteiger partial charge on any atom is 0.338 e. The fraction of sp³-hybridized carbons (Fsp3) is 0.133. The number of benzene rings is 2. The molecule has 0 amide bonds. The molecule has 6 heteroatoms. The lowest BCUT2D eigenvalue weighted by molar-refractivity contribution is -0.383. The summed E-state index contributed by atoms with van der Waals surface area (Å²) in [5.41, 5.74) is 7.24. The van der Waals surface area contributed by atoms with Crippen molar-refractivity contribution < 1.29 is 14.5 Å². The minimum atomic E-state index is -0.633. The van der Waals surface area contributed by atoms with Crippen LogP contribution in [0.25, 0.3) is 0 Å². The molecule has 0 bridgehead atoms. The minimum absolute atomic E-state index is 0.00934. The van der Waals surface area contributed by atoms with E-state index in [1.807, 2.05) is 31.2 Å². The second-order valence-electron chi connectivity index (χ2n) is 4.59. The second kappa shape index (κ2) is 6.04. The first-order chi connectivity index (χ1) is 9.97. The third-order valence-corrected chi connectivity index (χ3v) is 2.95. The predicted molar refractivity (Wildman–Crippen MR) is 77.8 cm³/mol. The van der Waals surface area contributed by atoms with Crippen molar-refractivity contribution >= 4 is 17.3 Å². The second-order valence-corrected chi connectivity index (χ2v) is 4.59. The standard InChI is InChI=1S/C15H14N2O4/c1-10-2-4-11(5-3-10)9-21-15(18)12-6-7-13(16)14(8-12)17(19)20/h2-8H,9,16H2,1H3. The SMILES string of the molecule is Cc1ccc(COC(=O)c2ccc(N)c([N+](=O)[O-])c2)cc1. The van der Waals surface area contributed by atoms with Crippen LogP contribution in [0.2, 0.25) is 0 Å². The Morgan fingerprint density at radius 3 is 2.52 bits per heavy atom. The number of nitrogens with two attached hydrogens (primary N) is 1. The number of carbonyl (C=O) groups is 1. The molecule has 0 heterocycles. The van der Waals surface area contributed by atoms with Crippen LogP contribution in [0.15, 0.2) is 42.5 Å². The molecule has 0 aliphatic heterocycles. The molecule has 21 heavy (non-hydrogen) atoms. The lowest BCUT2D eigenvalue weighted by Gasteiger charge is -2.06. The number of nitro benzene ring substituents is 1. The van der Waals surface area contributed by atoms with E-state index in [9.17, 15) is 14.9 Å². The van der Waals surface area contributed by atoms with Gasteiger partial charge in [0.15, 0.2) is 0 Å². The first kappa shape index (κ1) is 14.5. The summed E-state index contributed by atoms with van der Waals surface area (Å²) in [6, 6.07) is 11.4. The normalized spacial score (nSPS) is 10.1. The van der Waals surface area contributed by atoms with E-state index in [0.29, 0.717) is 0 Å². The Morgan fingerprint density at radius 2 is 1.90 bits per heavy atom. The number of nitrogen functional groups attached to an aromatic ring is 1. The molecule has 2 N–H and O–H groups in total. The van der Waals surface area contributed by atoms with Crippen LogP contribution in [0, 0.1) is 17.0 Å². The summed E-state index contributed by atoms with van der Waals surface area (Å²) in [4.78, 5) is 22.0. The van der Waals surface area contributed by atoms with E-state index in [4.69, 9.17) is 10.5 Å². The van der Waals surface area contributed by atoms with Crippen LogP contribution in [-0.2, 0) is 11.3 Å². The highest BCUT2D eigenvalue weighted by molar-refractivity contribution is 5.91. The number of ether oxygens (including phenoxy) is 1. The summed E-state index contributed by atoms with van der Waals surface area (Å²) in [6.45, 7) is 2.07. The van der Waals surface area contributed by atoms with E-state index >= 15 is 0 Å². The van der Waals surface area contributed by atoms with Crippen molar-refractivity contribution in [1.29, 1.82) is 0 Å². The molecular formula is C15H14N2O4. The Hall–Kier alpha value is -2.89. The van der Waals surface area contributed by atoms with E-state index in [2.05, 4.69) is 0 Å². The topological polar surface area (TPSA) is 95.5 Å². The zero-order chi connectivity index (χ0) is 15.4. The van der Waals surface area contributed by atoms with Gasteiger partial charge in [0.1, 0.15) is 12.3 Å². The number of nitrogens with zero attached hydrogens (tertiary/aromatic N) is 1. The zero-order valence-corrected chi connectivity index (χ0v) is 11.4. The Labute approximate surface area is 121 Å². The molecule has 0 atom stereocenters. The van der Waals surface area contributed by atoms with Crippen LogP contribution in [0.5, 0.6) is 0 Å². The number of hydrogen-bond donors (Lipinski definition) is 1. The van der Waals surface area contributed by atoms with Gasteiger partial charge in [-0.15, -0.1) is 0 Å². The van der Waals surface area contributed by atoms with Gasteiger partial charge in [0.05, 0.1) is 10.5 Å². The zero-order valence-electron chi connectivity index (χ0n) is 11.4. The van der Waals surface area contributed by atoms with E-state index in [-0.39, 0.29) is 23.5 Å². The van der Waals surface area contributed by atoms with Gasteiger partial charge in [-0.1, -0.05) is 29.8 Å². The Kier molecular flexibility index (Phi) is 4.18. The average Bonchev–Trinajstić information content (AvgIpc) is 2.46. The Morgan fingerprint density at radius 1 is 1.24 bits per heavy atom. The lowest BCUT2D eigenvalue weighted by Crippen LogP contribution is -2.06. The lowest BCUT2D eigenvalue weighted by atomic mass is 10.1. The number of rotatable bonds is 4. The molecule has 0 aromatic heterocycles. The highest BCUT2D eigenvalue weighted by Crippen LogP contribution is 2.22. The molecule has 0 radical (unpaired) electrons. The summed E-state index contributed by atoms with van der Waals surface area (Å²) >= 11 is 0. The number of aryl methyl sites for hydroxylation is 1. The van der Waals surface area contributed by atoms with Crippen molar-refractivity contribution in [1.82, 2.24) is 0 Å². The highest BCUT2D eigenvalue weighted by atomic mass is 16.6. The maximum atomic E-state index is 11.9. The first-order valence-corrected chi connectivity index (χ1v) is 6.24. The smallest absolute Gasteiger partial charge is 0.338 e. The quantitative estimate of drug-likeness (QED) is 0.403. The van der Waals surface area contributed by atoms with Crippen molar-refractivity contribution in [3.8, 4) is 0 Å². The molecule has 2 rings (SSSR count). The largest absolute Gasteiger partial charge is 0.457 e. The van der Waals surface area contributed by atoms with Crippen LogP contribution < -0.4 is 5.73 Å². The van der Waals surface area contributed by atoms with Crippen molar-refractivity contribution in [3.05, 3.63) is 69.3 Å². The van der Waals surface area contributed by atoms with Gasteiger partial charge in [-0.25, -0.2) is 4.79 Å². The number of carbonyl (C=O) groups excluding carboxylic acids is 1. The highest BCUT2D eigenvalue weighted by Gasteiger charge is 2.16. The van der Waals surface area contributed by atoms with Crippen LogP contribution >= 0.6 is 0 Å². The molecule has 6 nitrogen and oxygen atoms in total. The summed E-state index contributed by atoms with van der Waals surface area (Å²) in [5, 5.41) is 10.8. The summed E-state index contributed by atoms with van der Waals surface area (Å²) in [5.74, 6) is -0.626. The average molecular weight is 286 g/mol. The van der Waals surface area contributed by atoms with Crippen molar-refractivity contribution in [2.24, 2.45) is 0 Å². The van der Waals surface area contributed by atoms with Crippen LogP contribution in [-0.4, -0.2) is 10.9 Å². The van der Waals surface area contributed by atoms with Gasteiger partial charge < -0.3 is 10.5 Å². The van der Waals surface area contributed by atoms with Gasteiger partial charge in [-0.05, 0) is 24.6 Å². The number of anilines is 1. The van der Waals surface area contributed by atoms with Gasteiger partial charge in [-0.2, -0.15) is 0 Å². The minimum Gasteiger partial charge on any atom is -0.457 e. The fourth-order valence-corrected chi connectivity index (χ4v) is 1.75. The Bertz CT molecular complexity index is 681. The molecule has 2 aromatic carbocycles. The molecule has 108 valence electrons. The monoisotopic (exact) mass is 286 g/mol. The van der Waals surface area contributed by atoms with E-state index < -0.39 is 10.9 Å². The molecule has 0 spiro atoms. The van der Waals surface area contributed by atoms with Gasteiger partial charge >= 0.3 is 5.97 Å². The number of esters is 1. The fourth-order valence-electron chi connectivity index (χ4n) is 1.75. The van der Waals surface area contributed by atoms with Crippen molar-refractivity contribution in [2.75, 3.05) is 5.73 Å². The number of hydrogen-bond acceptors (Lipinski definition) is 5. The summed E-state index contributed by atoms with van der Waals surface area (Å²) < 4.78 is 5.13. The van der Waals surface area contributed by atoms with Gasteiger partial charge in [-0.3, -0.25) is 10.1 Å². The predicted octanol–water partition coefficient (Wildman–Crippen LogP) is 2.84. The summed E-state index contributed by atoms with van der Waals surface area (Å²) in [6.07, 6.45) is 0. The maximum absolute atomic E-state index is 11.9. The molecular weight excluding hydrogens is 272 g/mol. The molecule has 0 aliphatic rings. The van der Waals surface area contributed by atoms with Crippen LogP contribution in [0.1, 0.15) is 21.5 Å². The van der Waals surface area contributed by atoms with Gasteiger partial charge in [0.2, 0.25) is 0 Å². The van der Waals surface area contributed by atoms with Gasteiger partial charge in [0, 0.05) is 6.07 Å². The molecule has 0 saturated carbocycles. The third kappa shape index (κ3) is 3.56. The van der Waals surface area contributed by atoms with E-state index in [1.54, 1.807) is 0 Å². The Balaban J connectivity index is 2.08. The van der Waals surface area contributed by atoms with Gasteiger partial charge in [0.25, 0.3) is 5.69 Å². The van der Waals surface area contributed by atoms with Crippen molar-refractivity contribution in [2.45, 2.75) is 13.5 Å². The third-order valence-electron chi connectivity index (χ3n) is 2.95. The molecule has 0 unspecified atom stereocenters. The molecule has 0 fully saturated rings. The van der Waals surface area contributed by atoms with E-state index in [1.165, 1.54) is 12.1 Å². The molecule has 0 saturated heterocycles. The van der Waals surface area contributed by atoms with Crippen molar-refractivity contribution in [3.63, 3.8) is 0 Å². The van der Waals surface area contributed by atoms with Crippen LogP contribution in [0.4, 0.5) is 11.4 Å².